The van der Waals surface area contributed by atoms with E-state index in [1.165, 1.54) is 18.1 Å². The number of hydrogen-bond acceptors (Lipinski definition) is 1. The molecular weight excluding hydrogens is 392 g/mol. The summed E-state index contributed by atoms with van der Waals surface area (Å²) in [5.74, 6) is 3.49. The molecule has 0 aliphatic rings. The van der Waals surface area contributed by atoms with Crippen LogP contribution >= 0.6 is 0 Å². The monoisotopic (exact) mass is 426 g/mol. The van der Waals surface area contributed by atoms with Crippen molar-refractivity contribution >= 4 is 8.07 Å². The highest BCUT2D eigenvalue weighted by atomic mass is 28.3. The summed E-state index contributed by atoms with van der Waals surface area (Å²) in [6, 6.07) is 35.3. The topological polar surface area (TPSA) is 9.23 Å². The van der Waals surface area contributed by atoms with Gasteiger partial charge in [0.1, 0.15) is 13.7 Å². The number of ether oxygens (including phenoxy) is 1. The lowest BCUT2D eigenvalue weighted by atomic mass is 9.80. The van der Waals surface area contributed by atoms with Gasteiger partial charge in [0.05, 0.1) is 6.61 Å². The van der Waals surface area contributed by atoms with Gasteiger partial charge in [-0.05, 0) is 34.8 Å². The molecule has 3 rings (SSSR count). The van der Waals surface area contributed by atoms with E-state index in [0.29, 0.717) is 6.61 Å². The van der Waals surface area contributed by atoms with Crippen LogP contribution in [-0.4, -0.2) is 14.7 Å². The van der Waals surface area contributed by atoms with Gasteiger partial charge in [0.25, 0.3) is 0 Å². The van der Waals surface area contributed by atoms with Crippen LogP contribution < -0.4 is 0 Å². The predicted molar refractivity (Wildman–Crippen MR) is 135 cm³/mol. The smallest absolute Gasteiger partial charge is 0.143 e. The van der Waals surface area contributed by atoms with Crippen LogP contribution in [0.25, 0.3) is 0 Å². The third-order valence-corrected chi connectivity index (χ3v) is 11.2. The Labute approximate surface area is 189 Å². The molecule has 0 saturated carbocycles. The SMILES string of the molecule is CC[Si](C#CCCOC(c1ccccc1)(c1ccccc1)c1ccccc1)(CC)CC. The maximum atomic E-state index is 6.82. The zero-order chi connectivity index (χ0) is 22.0. The largest absolute Gasteiger partial charge is 0.360 e. The standard InChI is InChI=1S/C29H34OSi/c1-4-31(5-2,6-3)25-17-16-24-30-29(26-18-10-7-11-19-26,27-20-12-8-13-21-27)28-22-14-9-15-23-28/h7-15,18-23H,4-6,16,24H2,1-3H3. The molecule has 0 unspecified atom stereocenters. The lowest BCUT2D eigenvalue weighted by molar-refractivity contribution is 0.0165. The molecule has 2 heteroatoms. The Balaban J connectivity index is 1.98. The van der Waals surface area contributed by atoms with Crippen molar-refractivity contribution in [3.8, 4) is 11.5 Å². The molecule has 0 aromatic heterocycles. The molecule has 0 spiro atoms. The van der Waals surface area contributed by atoms with Crippen LogP contribution in [-0.2, 0) is 10.3 Å². The van der Waals surface area contributed by atoms with Gasteiger partial charge in [-0.1, -0.05) is 112 Å². The van der Waals surface area contributed by atoms with Gasteiger partial charge in [0, 0.05) is 6.42 Å². The van der Waals surface area contributed by atoms with E-state index in [1.54, 1.807) is 0 Å². The van der Waals surface area contributed by atoms with E-state index in [2.05, 4.69) is 123 Å². The average Bonchev–Trinajstić information content (AvgIpc) is 2.86. The minimum absolute atomic E-state index is 0.591. The molecule has 31 heavy (non-hydrogen) atoms. The fourth-order valence-corrected chi connectivity index (χ4v) is 6.82. The van der Waals surface area contributed by atoms with E-state index in [-0.39, 0.29) is 0 Å². The van der Waals surface area contributed by atoms with Crippen LogP contribution in [0.5, 0.6) is 0 Å². The van der Waals surface area contributed by atoms with Crippen molar-refractivity contribution < 1.29 is 4.74 Å². The Morgan fingerprint density at radius 3 is 1.39 bits per heavy atom. The first-order chi connectivity index (χ1) is 15.2. The van der Waals surface area contributed by atoms with Gasteiger partial charge in [-0.25, -0.2) is 0 Å². The van der Waals surface area contributed by atoms with Crippen molar-refractivity contribution in [3.63, 3.8) is 0 Å². The molecular formula is C29H34OSi. The maximum absolute atomic E-state index is 6.82. The third-order valence-electron chi connectivity index (χ3n) is 6.47. The number of benzene rings is 3. The van der Waals surface area contributed by atoms with Gasteiger partial charge >= 0.3 is 0 Å². The molecule has 0 N–H and O–H groups in total. The van der Waals surface area contributed by atoms with Crippen LogP contribution in [0.3, 0.4) is 0 Å². The van der Waals surface area contributed by atoms with Crippen molar-refractivity contribution in [2.45, 2.75) is 50.9 Å². The highest BCUT2D eigenvalue weighted by Crippen LogP contribution is 2.40. The van der Waals surface area contributed by atoms with Crippen LogP contribution in [0.15, 0.2) is 91.0 Å². The average molecular weight is 427 g/mol. The van der Waals surface area contributed by atoms with E-state index < -0.39 is 13.7 Å². The maximum Gasteiger partial charge on any atom is 0.143 e. The molecule has 0 bridgehead atoms. The Hall–Kier alpha value is -2.60. The summed E-state index contributed by atoms with van der Waals surface area (Å²) < 4.78 is 6.82. The molecule has 3 aromatic rings. The quantitative estimate of drug-likeness (QED) is 0.149. The Bertz CT molecular complexity index is 862. The van der Waals surface area contributed by atoms with Gasteiger partial charge in [-0.3, -0.25) is 0 Å². The zero-order valence-electron chi connectivity index (χ0n) is 19.1. The molecule has 160 valence electrons. The number of rotatable bonds is 9. The second-order valence-electron chi connectivity index (χ2n) is 8.02. The third kappa shape index (κ3) is 5.18. The van der Waals surface area contributed by atoms with Crippen LogP contribution in [0, 0.1) is 11.5 Å². The van der Waals surface area contributed by atoms with Gasteiger partial charge in [-0.15, -0.1) is 11.5 Å². The fraction of sp³-hybridized carbons (Fsp3) is 0.310. The number of hydrogen-bond donors (Lipinski definition) is 0. The normalized spacial score (nSPS) is 11.6. The fourth-order valence-electron chi connectivity index (χ4n) is 4.29. The molecule has 1 nitrogen and oxygen atoms in total. The van der Waals surface area contributed by atoms with E-state index in [4.69, 9.17) is 4.74 Å². The van der Waals surface area contributed by atoms with Crippen molar-refractivity contribution in [1.29, 1.82) is 0 Å². The second kappa shape index (κ2) is 11.1. The summed E-state index contributed by atoms with van der Waals surface area (Å²) in [5, 5.41) is 0. The van der Waals surface area contributed by atoms with Gasteiger partial charge in [0.15, 0.2) is 0 Å². The summed E-state index contributed by atoms with van der Waals surface area (Å²) in [4.78, 5) is 0. The van der Waals surface area contributed by atoms with Gasteiger partial charge < -0.3 is 4.74 Å². The van der Waals surface area contributed by atoms with E-state index in [0.717, 1.165) is 23.1 Å². The molecule has 0 atom stereocenters. The van der Waals surface area contributed by atoms with Crippen LogP contribution in [0.4, 0.5) is 0 Å². The van der Waals surface area contributed by atoms with Crippen molar-refractivity contribution in [1.82, 2.24) is 0 Å². The summed E-state index contributed by atoms with van der Waals surface area (Å²) in [5.41, 5.74) is 6.46. The Morgan fingerprint density at radius 2 is 1.03 bits per heavy atom. The van der Waals surface area contributed by atoms with E-state index in [1.807, 2.05) is 0 Å². The van der Waals surface area contributed by atoms with Gasteiger partial charge in [-0.2, -0.15) is 0 Å². The van der Waals surface area contributed by atoms with E-state index >= 15 is 0 Å². The summed E-state index contributed by atoms with van der Waals surface area (Å²) in [7, 11) is -1.42. The molecule has 0 saturated heterocycles. The molecule has 0 fully saturated rings. The van der Waals surface area contributed by atoms with Crippen LogP contribution in [0.2, 0.25) is 18.1 Å². The summed E-state index contributed by atoms with van der Waals surface area (Å²) in [6.45, 7) is 7.49. The highest BCUT2D eigenvalue weighted by Gasteiger charge is 2.37. The summed E-state index contributed by atoms with van der Waals surface area (Å²) >= 11 is 0. The molecule has 0 heterocycles. The molecule has 0 aliphatic carbocycles. The molecule has 0 amide bonds. The summed E-state index contributed by atoms with van der Waals surface area (Å²) in [6.07, 6.45) is 0.753. The molecule has 3 aromatic carbocycles. The van der Waals surface area contributed by atoms with Crippen LogP contribution in [0.1, 0.15) is 43.9 Å². The lowest BCUT2D eigenvalue weighted by Gasteiger charge is -2.35. The lowest BCUT2D eigenvalue weighted by Crippen LogP contribution is -2.33. The molecule has 0 radical (unpaired) electrons. The highest BCUT2D eigenvalue weighted by molar-refractivity contribution is 6.87. The van der Waals surface area contributed by atoms with Crippen molar-refractivity contribution in [2.75, 3.05) is 6.61 Å². The minimum Gasteiger partial charge on any atom is -0.360 e. The second-order valence-corrected chi connectivity index (χ2v) is 13.0. The van der Waals surface area contributed by atoms with Crippen molar-refractivity contribution in [2.24, 2.45) is 0 Å². The first-order valence-electron chi connectivity index (χ1n) is 11.5. The predicted octanol–water partition coefficient (Wildman–Crippen LogP) is 7.44. The first kappa shape index (κ1) is 23.1. The van der Waals surface area contributed by atoms with Gasteiger partial charge in [0.2, 0.25) is 0 Å². The Kier molecular flexibility index (Phi) is 8.29. The van der Waals surface area contributed by atoms with E-state index in [9.17, 15) is 0 Å². The molecule has 0 aliphatic heterocycles. The Morgan fingerprint density at radius 1 is 0.645 bits per heavy atom. The van der Waals surface area contributed by atoms with Crippen molar-refractivity contribution in [3.05, 3.63) is 108 Å². The minimum atomic E-state index is -1.42. The zero-order valence-corrected chi connectivity index (χ0v) is 20.1. The first-order valence-corrected chi connectivity index (χ1v) is 14.1.